The Bertz CT molecular complexity index is 1280. The Morgan fingerprint density at radius 1 is 1.09 bits per heavy atom. The largest absolute Gasteiger partial charge is 0.455 e. The molecule has 0 unspecified atom stereocenters. The molecule has 1 spiro atoms. The molecule has 0 saturated carbocycles. The van der Waals surface area contributed by atoms with Crippen molar-refractivity contribution in [2.45, 2.75) is 82.8 Å². The van der Waals surface area contributed by atoms with E-state index in [4.69, 9.17) is 9.47 Å². The van der Waals surface area contributed by atoms with Gasteiger partial charge in [-0.2, -0.15) is 0 Å². The second-order valence-electron chi connectivity index (χ2n) is 12.4. The number of cyclic esters (lactones) is 1. The first-order valence-electron chi connectivity index (χ1n) is 16.0. The van der Waals surface area contributed by atoms with Gasteiger partial charge in [-0.25, -0.2) is 0 Å². The zero-order valence-corrected chi connectivity index (χ0v) is 25.9. The highest BCUT2D eigenvalue weighted by Crippen LogP contribution is 2.54. The lowest BCUT2D eigenvalue weighted by Crippen LogP contribution is -2.59. The fraction of sp³-hybridized carbons (Fsp3) is 0.588. The van der Waals surface area contributed by atoms with Crippen molar-refractivity contribution in [2.75, 3.05) is 26.2 Å². The number of aliphatic hydroxyl groups is 1. The predicted octanol–water partition coefficient (Wildman–Crippen LogP) is 2.92. The lowest BCUT2D eigenvalue weighted by molar-refractivity contribution is -0.161. The smallest absolute Gasteiger partial charge is 0.313 e. The number of esters is 1. The number of carbonyl (C=O) groups excluding carboxylic acids is 4. The molecule has 5 rings (SSSR count). The number of benzene rings is 1. The lowest BCUT2D eigenvalue weighted by Gasteiger charge is -2.40. The Morgan fingerprint density at radius 2 is 1.86 bits per heavy atom. The maximum atomic E-state index is 14.7. The van der Waals surface area contributed by atoms with Crippen molar-refractivity contribution in [3.8, 4) is 0 Å². The fourth-order valence-electron chi connectivity index (χ4n) is 7.11. The molecule has 4 aliphatic heterocycles. The van der Waals surface area contributed by atoms with E-state index in [0.717, 1.165) is 12.8 Å². The van der Waals surface area contributed by atoms with Gasteiger partial charge in [0.2, 0.25) is 17.7 Å². The number of hydrogen-bond donors (Lipinski definition) is 2. The summed E-state index contributed by atoms with van der Waals surface area (Å²) in [7, 11) is 0. The molecule has 0 bridgehead atoms. The lowest BCUT2D eigenvalue weighted by atomic mass is 9.77. The number of nitrogens with one attached hydrogen (secondary N) is 1. The second-order valence-corrected chi connectivity index (χ2v) is 12.4. The molecule has 2 fully saturated rings. The number of ether oxygens (including phenoxy) is 2. The number of aliphatic hydroxyl groups excluding tert-OH is 1. The molecule has 0 aliphatic carbocycles. The number of likely N-dealkylation sites (tertiary alicyclic amines) is 1. The standard InChI is InChI=1S/C34H45N3O7/c1-4-6-18-36-19-12-17-34-29(31(40)37(30(34)32(36)41)24(21-38)22(3)5-2)28-25(44-34)15-10-11-16-27(39)35-20-26(43-33(28)42)23-13-8-7-9-14-23/h7-10,12-15,17,22,24-26,28-30,38H,4-6,11,16,18-21H2,1-3H3,(H,35,39)/b15-10-/t22-,24-,25-,26+,28+,29+,30-,34+/m0/s1. The van der Waals surface area contributed by atoms with E-state index in [1.807, 2.05) is 50.3 Å². The van der Waals surface area contributed by atoms with Crippen molar-refractivity contribution in [1.29, 1.82) is 0 Å². The van der Waals surface area contributed by atoms with Gasteiger partial charge in [0.25, 0.3) is 0 Å². The Labute approximate surface area is 259 Å². The van der Waals surface area contributed by atoms with Gasteiger partial charge < -0.3 is 29.7 Å². The maximum Gasteiger partial charge on any atom is 0.313 e. The Hall–Kier alpha value is -3.50. The van der Waals surface area contributed by atoms with E-state index in [1.54, 1.807) is 23.1 Å². The van der Waals surface area contributed by atoms with E-state index in [2.05, 4.69) is 12.2 Å². The monoisotopic (exact) mass is 607 g/mol. The highest BCUT2D eigenvalue weighted by atomic mass is 16.6. The number of hydrogen-bond acceptors (Lipinski definition) is 7. The molecule has 2 saturated heterocycles. The van der Waals surface area contributed by atoms with Gasteiger partial charge in [-0.1, -0.05) is 88.2 Å². The first kappa shape index (κ1) is 31.9. The van der Waals surface area contributed by atoms with Crippen LogP contribution in [0.4, 0.5) is 0 Å². The summed E-state index contributed by atoms with van der Waals surface area (Å²) in [6.07, 6.45) is 8.62. The van der Waals surface area contributed by atoms with Crippen molar-refractivity contribution in [1.82, 2.24) is 15.1 Å². The minimum absolute atomic E-state index is 0.0838. The maximum absolute atomic E-state index is 14.7. The van der Waals surface area contributed by atoms with Gasteiger partial charge in [-0.15, -0.1) is 0 Å². The third-order valence-corrected chi connectivity index (χ3v) is 9.69. The molecule has 1 aromatic carbocycles. The van der Waals surface area contributed by atoms with E-state index in [-0.39, 0.29) is 43.2 Å². The molecule has 0 aromatic heterocycles. The zero-order valence-electron chi connectivity index (χ0n) is 25.9. The van der Waals surface area contributed by atoms with Crippen LogP contribution in [0.2, 0.25) is 0 Å². The minimum Gasteiger partial charge on any atom is -0.455 e. The van der Waals surface area contributed by atoms with Gasteiger partial charge in [0.15, 0.2) is 0 Å². The topological polar surface area (TPSA) is 125 Å². The molecule has 1 aromatic rings. The van der Waals surface area contributed by atoms with Gasteiger partial charge in [-0.3, -0.25) is 19.2 Å². The number of amides is 3. The minimum atomic E-state index is -1.43. The molecule has 3 amide bonds. The predicted molar refractivity (Wildman–Crippen MR) is 163 cm³/mol. The summed E-state index contributed by atoms with van der Waals surface area (Å²) in [4.78, 5) is 59.1. The average Bonchev–Trinajstić information content (AvgIpc) is 3.42. The van der Waals surface area contributed by atoms with Crippen molar-refractivity contribution in [3.05, 3.63) is 60.2 Å². The number of rotatable bonds is 8. The van der Waals surface area contributed by atoms with Crippen LogP contribution in [-0.4, -0.2) is 88.6 Å². The molecule has 4 heterocycles. The van der Waals surface area contributed by atoms with Crippen LogP contribution in [0.1, 0.15) is 64.5 Å². The van der Waals surface area contributed by atoms with Crippen LogP contribution in [0.25, 0.3) is 0 Å². The summed E-state index contributed by atoms with van der Waals surface area (Å²) in [5, 5.41) is 13.4. The first-order valence-corrected chi connectivity index (χ1v) is 16.0. The Balaban J connectivity index is 1.61. The third-order valence-electron chi connectivity index (χ3n) is 9.69. The molecule has 10 heteroatoms. The van der Waals surface area contributed by atoms with Crippen molar-refractivity contribution in [2.24, 2.45) is 17.8 Å². The first-order chi connectivity index (χ1) is 21.3. The van der Waals surface area contributed by atoms with Gasteiger partial charge in [-0.05, 0) is 24.3 Å². The number of carbonyl (C=O) groups is 4. The summed E-state index contributed by atoms with van der Waals surface area (Å²) >= 11 is 0. The summed E-state index contributed by atoms with van der Waals surface area (Å²) in [5.74, 6) is -3.60. The Morgan fingerprint density at radius 3 is 2.57 bits per heavy atom. The van der Waals surface area contributed by atoms with E-state index < -0.39 is 47.7 Å². The molecular formula is C34H45N3O7. The third kappa shape index (κ3) is 5.81. The summed E-state index contributed by atoms with van der Waals surface area (Å²) in [6.45, 7) is 6.65. The summed E-state index contributed by atoms with van der Waals surface area (Å²) in [5.41, 5.74) is -0.713. The van der Waals surface area contributed by atoms with E-state index in [9.17, 15) is 24.3 Å². The van der Waals surface area contributed by atoms with Crippen LogP contribution in [0.15, 0.2) is 54.6 Å². The van der Waals surface area contributed by atoms with Gasteiger partial charge >= 0.3 is 5.97 Å². The molecular weight excluding hydrogens is 562 g/mol. The molecule has 44 heavy (non-hydrogen) atoms. The van der Waals surface area contributed by atoms with Crippen LogP contribution in [0.3, 0.4) is 0 Å². The molecule has 4 aliphatic rings. The van der Waals surface area contributed by atoms with E-state index in [0.29, 0.717) is 31.5 Å². The number of unbranched alkanes of at least 4 members (excludes halogenated alkanes) is 1. The molecule has 2 N–H and O–H groups in total. The number of allylic oxidation sites excluding steroid dienone is 1. The van der Waals surface area contributed by atoms with Crippen molar-refractivity contribution < 1.29 is 33.8 Å². The van der Waals surface area contributed by atoms with Gasteiger partial charge in [0, 0.05) is 19.5 Å². The Kier molecular flexibility index (Phi) is 9.90. The number of fused-ring (bicyclic) bond motifs is 2. The average molecular weight is 608 g/mol. The molecule has 0 radical (unpaired) electrons. The normalized spacial score (nSPS) is 32.8. The number of nitrogens with zero attached hydrogens (tertiary/aromatic N) is 2. The van der Waals surface area contributed by atoms with Gasteiger partial charge in [0.1, 0.15) is 23.7 Å². The van der Waals surface area contributed by atoms with Crippen LogP contribution >= 0.6 is 0 Å². The highest BCUT2D eigenvalue weighted by molar-refractivity contribution is 5.99. The molecule has 238 valence electrons. The summed E-state index contributed by atoms with van der Waals surface area (Å²) in [6, 6.07) is 7.50. The molecule has 8 atom stereocenters. The van der Waals surface area contributed by atoms with Crippen molar-refractivity contribution >= 4 is 23.7 Å². The van der Waals surface area contributed by atoms with Crippen LogP contribution in [0.5, 0.6) is 0 Å². The zero-order chi connectivity index (χ0) is 31.4. The van der Waals surface area contributed by atoms with Crippen LogP contribution < -0.4 is 5.32 Å². The van der Waals surface area contributed by atoms with Gasteiger partial charge in [0.05, 0.1) is 31.2 Å². The second kappa shape index (κ2) is 13.6. The van der Waals surface area contributed by atoms with Crippen LogP contribution in [-0.2, 0) is 28.7 Å². The van der Waals surface area contributed by atoms with E-state index in [1.165, 1.54) is 4.90 Å². The van der Waals surface area contributed by atoms with Crippen LogP contribution in [0, 0.1) is 17.8 Å². The quantitative estimate of drug-likeness (QED) is 0.344. The van der Waals surface area contributed by atoms with E-state index >= 15 is 0 Å². The molecule has 10 nitrogen and oxygen atoms in total. The SMILES string of the molecule is CCCCN1CC=C[C@@]23O[C@H]4/C=C\CCC(=O)NC[C@H](c5ccccc5)OC(=O)[C@H]4[C@@H]2C(=O)N([C@@H](CO)[C@@H](C)CC)[C@H]3C1=O. The van der Waals surface area contributed by atoms with Crippen molar-refractivity contribution in [3.63, 3.8) is 0 Å². The fourth-order valence-corrected chi connectivity index (χ4v) is 7.11. The summed E-state index contributed by atoms with van der Waals surface area (Å²) < 4.78 is 12.9. The highest BCUT2D eigenvalue weighted by Gasteiger charge is 2.72.